The number of carbonyl (C=O) groups is 2. The van der Waals surface area contributed by atoms with Gasteiger partial charge in [-0.15, -0.1) is 0 Å². The van der Waals surface area contributed by atoms with Crippen LogP contribution in [0.3, 0.4) is 0 Å². The Kier molecular flexibility index (Phi) is 13.0. The number of carbonyl (C=O) groups excluding carboxylic acids is 2. The van der Waals surface area contributed by atoms with Gasteiger partial charge in [-0.2, -0.15) is 0 Å². The zero-order chi connectivity index (χ0) is 24.8. The van der Waals surface area contributed by atoms with Crippen molar-refractivity contribution in [1.82, 2.24) is 0 Å². The van der Waals surface area contributed by atoms with Crippen molar-refractivity contribution in [3.05, 3.63) is 23.8 Å². The normalized spacial score (nSPS) is 28.2. The number of carboxylic acid groups (broad SMARTS) is 1. The molecule has 0 spiro atoms. The summed E-state index contributed by atoms with van der Waals surface area (Å²) in [5, 5.41) is 41.2. The molecule has 0 amide bonds. The van der Waals surface area contributed by atoms with Crippen molar-refractivity contribution in [3.63, 3.8) is 0 Å². The molecule has 2 rings (SSSR count). The number of allylic oxidation sites excluding steroid dienone is 2. The number of unbranched alkanes of at least 4 members (excludes halogenated alkanes) is 1. The molecule has 188 valence electrons. The monoisotopic (exact) mass is 488 g/mol. The fourth-order valence-corrected chi connectivity index (χ4v) is 5.10. The van der Waals surface area contributed by atoms with E-state index in [1.807, 2.05) is 26.0 Å². The third kappa shape index (κ3) is 9.07. The first-order chi connectivity index (χ1) is 15.4. The Bertz CT molecular complexity index is 733. The number of hydrogen-bond acceptors (Lipinski definition) is 7. The summed E-state index contributed by atoms with van der Waals surface area (Å²) in [6.07, 6.45) is 6.28. The summed E-state index contributed by atoms with van der Waals surface area (Å²) in [5.74, 6) is -1.42. The number of aliphatic hydroxyl groups is 3. The Morgan fingerprint density at radius 3 is 2.56 bits per heavy atom. The van der Waals surface area contributed by atoms with E-state index in [2.05, 4.69) is 19.9 Å². The van der Waals surface area contributed by atoms with Gasteiger partial charge in [-0.25, -0.2) is 0 Å². The van der Waals surface area contributed by atoms with Gasteiger partial charge in [0.05, 0.1) is 23.7 Å². The third-order valence-electron chi connectivity index (χ3n) is 7.12. The summed E-state index contributed by atoms with van der Waals surface area (Å²) in [7, 11) is 0. The van der Waals surface area contributed by atoms with Gasteiger partial charge in [0.1, 0.15) is 6.10 Å². The van der Waals surface area contributed by atoms with Crippen LogP contribution in [0.1, 0.15) is 79.1 Å². The number of ether oxygens (including phenoxy) is 1. The molecular weight excluding hydrogens is 447 g/mol. The van der Waals surface area contributed by atoms with Crippen LogP contribution >= 0.6 is 0 Å². The fraction of sp³-hybridized carbons (Fsp3) is 0.769. The van der Waals surface area contributed by atoms with Crippen LogP contribution in [0.25, 0.3) is 0 Å². The van der Waals surface area contributed by atoms with Crippen LogP contribution < -0.4 is 34.7 Å². The van der Waals surface area contributed by atoms with Gasteiger partial charge in [0.25, 0.3) is 0 Å². The molecule has 0 aromatic rings. The van der Waals surface area contributed by atoms with E-state index >= 15 is 0 Å². The minimum absolute atomic E-state index is 0. The Hall–Kier alpha value is -0.700. The Balaban J connectivity index is 0.00000578. The molecule has 3 N–H and O–H groups in total. The summed E-state index contributed by atoms with van der Waals surface area (Å²) in [6.45, 7) is 7.97. The molecule has 34 heavy (non-hydrogen) atoms. The maximum Gasteiger partial charge on any atom is 1.00 e. The average Bonchev–Trinajstić information content (AvgIpc) is 2.70. The van der Waals surface area contributed by atoms with Gasteiger partial charge in [0.2, 0.25) is 0 Å². The van der Waals surface area contributed by atoms with Crippen molar-refractivity contribution >= 4 is 11.9 Å². The number of aliphatic carboxylic acids is 1. The zero-order valence-electron chi connectivity index (χ0n) is 21.4. The summed E-state index contributed by atoms with van der Waals surface area (Å²) in [4.78, 5) is 23.7. The van der Waals surface area contributed by atoms with Gasteiger partial charge >= 0.3 is 35.5 Å². The van der Waals surface area contributed by atoms with Crippen molar-refractivity contribution in [2.24, 2.45) is 23.2 Å². The van der Waals surface area contributed by atoms with E-state index in [1.165, 1.54) is 0 Å². The summed E-state index contributed by atoms with van der Waals surface area (Å²) in [6, 6.07) is 0. The van der Waals surface area contributed by atoms with Crippen molar-refractivity contribution in [3.8, 4) is 0 Å². The Morgan fingerprint density at radius 2 is 1.94 bits per heavy atom. The zero-order valence-corrected chi connectivity index (χ0v) is 23.4. The molecule has 0 bridgehead atoms. The smallest absolute Gasteiger partial charge is 0.550 e. The molecule has 0 fully saturated rings. The molecule has 0 aromatic carbocycles. The first-order valence-electron chi connectivity index (χ1n) is 12.3. The van der Waals surface area contributed by atoms with Crippen molar-refractivity contribution < 1.29 is 64.3 Å². The molecule has 2 aliphatic carbocycles. The van der Waals surface area contributed by atoms with Crippen LogP contribution in [-0.4, -0.2) is 51.7 Å². The molecule has 7 nitrogen and oxygen atoms in total. The van der Waals surface area contributed by atoms with E-state index in [0.29, 0.717) is 19.3 Å². The van der Waals surface area contributed by atoms with E-state index in [4.69, 9.17) is 4.74 Å². The van der Waals surface area contributed by atoms with Crippen LogP contribution in [0.4, 0.5) is 0 Å². The second-order valence-electron chi connectivity index (χ2n) is 10.5. The van der Waals surface area contributed by atoms with E-state index in [1.54, 1.807) is 0 Å². The molecule has 2 aliphatic rings. The Labute approximate surface area is 225 Å². The molecule has 0 unspecified atom stereocenters. The van der Waals surface area contributed by atoms with Gasteiger partial charge in [0.15, 0.2) is 0 Å². The van der Waals surface area contributed by atoms with Gasteiger partial charge in [-0.1, -0.05) is 44.9 Å². The summed E-state index contributed by atoms with van der Waals surface area (Å²) in [5.41, 5.74) is 0.353. The SMILES string of the molecule is CCCCC(C)(C)C(=O)O[C@H]1C[C@H](O)C=C2C=C[C@H](C)[C@H](CC[C@@H](O)C[C@@H](O)CC(=O)[O-])[C@H]21.[Na+]. The molecule has 0 saturated carbocycles. The second kappa shape index (κ2) is 14.1. The molecule has 7 atom stereocenters. The predicted molar refractivity (Wildman–Crippen MR) is 123 cm³/mol. The third-order valence-corrected chi connectivity index (χ3v) is 7.12. The summed E-state index contributed by atoms with van der Waals surface area (Å²) < 4.78 is 6.04. The molecule has 0 aliphatic heterocycles. The van der Waals surface area contributed by atoms with Crippen molar-refractivity contribution in [2.75, 3.05) is 0 Å². The second-order valence-corrected chi connectivity index (χ2v) is 10.5. The molecule has 0 aromatic heterocycles. The molecule has 0 radical (unpaired) electrons. The Morgan fingerprint density at radius 1 is 1.26 bits per heavy atom. The van der Waals surface area contributed by atoms with Crippen molar-refractivity contribution in [2.45, 2.75) is 103 Å². The van der Waals surface area contributed by atoms with Crippen molar-refractivity contribution in [1.29, 1.82) is 0 Å². The maximum atomic E-state index is 13.0. The van der Waals surface area contributed by atoms with Crippen LogP contribution in [0.15, 0.2) is 23.8 Å². The minimum atomic E-state index is -1.34. The fourth-order valence-electron chi connectivity index (χ4n) is 5.10. The van der Waals surface area contributed by atoms with Crippen LogP contribution in [0, 0.1) is 23.2 Å². The van der Waals surface area contributed by atoms with E-state index < -0.39 is 42.2 Å². The number of rotatable bonds is 12. The van der Waals surface area contributed by atoms with E-state index in [9.17, 15) is 30.0 Å². The number of aliphatic hydroxyl groups excluding tert-OH is 3. The van der Waals surface area contributed by atoms with Gasteiger partial charge in [-0.3, -0.25) is 4.79 Å². The standard InChI is InChI=1S/C26H42O7.Na/c1-5-6-11-26(3,4)25(32)33-22-14-19(28)12-17-8-7-16(2)21(24(17)22)10-9-18(27)13-20(29)15-23(30)31;/h7-8,12,16,18-22,24,27-29H,5-6,9-11,13-15H2,1-4H3,(H,30,31);/q;+1/p-1/t16-,18+,19+,20+,21-,22-,24-;/m0./s1. The number of carboxylic acids is 1. The first-order valence-corrected chi connectivity index (χ1v) is 12.3. The molecular formula is C26H41NaO7. The van der Waals surface area contributed by atoms with Gasteiger partial charge in [-0.05, 0) is 56.9 Å². The summed E-state index contributed by atoms with van der Waals surface area (Å²) >= 11 is 0. The van der Waals surface area contributed by atoms with Gasteiger partial charge in [0, 0.05) is 24.7 Å². The van der Waals surface area contributed by atoms with Gasteiger partial charge < -0.3 is 30.0 Å². The van der Waals surface area contributed by atoms with E-state index in [0.717, 1.165) is 24.8 Å². The topological polar surface area (TPSA) is 127 Å². The number of fused-ring (bicyclic) bond motifs is 1. The average molecular weight is 489 g/mol. The van der Waals surface area contributed by atoms with Crippen LogP contribution in [-0.2, 0) is 14.3 Å². The predicted octanol–water partition coefficient (Wildman–Crippen LogP) is -0.720. The molecule has 0 saturated heterocycles. The first kappa shape index (κ1) is 31.3. The quantitative estimate of drug-likeness (QED) is 0.244. The van der Waals surface area contributed by atoms with E-state index in [-0.39, 0.29) is 59.7 Å². The molecule has 0 heterocycles. The maximum absolute atomic E-state index is 13.0. The number of hydrogen-bond donors (Lipinski definition) is 3. The minimum Gasteiger partial charge on any atom is -0.550 e. The molecule has 8 heteroatoms. The largest absolute Gasteiger partial charge is 1.00 e. The van der Waals surface area contributed by atoms with Crippen LogP contribution in [0.5, 0.6) is 0 Å². The van der Waals surface area contributed by atoms with Crippen LogP contribution in [0.2, 0.25) is 0 Å². The number of esters is 1.